The van der Waals surface area contributed by atoms with Gasteiger partial charge >= 0.3 is 6.18 Å². The van der Waals surface area contributed by atoms with Gasteiger partial charge in [0, 0.05) is 10.6 Å². The molecule has 0 radical (unpaired) electrons. The Hall–Kier alpha value is -1.28. The van der Waals surface area contributed by atoms with Gasteiger partial charge in [-0.1, -0.05) is 11.8 Å². The number of nitrogen functional groups attached to an aromatic ring is 1. The number of benzene rings is 1. The summed E-state index contributed by atoms with van der Waals surface area (Å²) in [6.07, 6.45) is -4.49. The van der Waals surface area contributed by atoms with Gasteiger partial charge in [0.2, 0.25) is 5.82 Å². The van der Waals surface area contributed by atoms with Crippen molar-refractivity contribution in [2.24, 2.45) is 0 Å². The molecular weight excluding hydrogens is 271 g/mol. The van der Waals surface area contributed by atoms with Crippen LogP contribution >= 0.6 is 23.3 Å². The SMILES string of the molecule is Nc1ccc(Sc2nc(C(F)(F)F)ns2)cc1. The fourth-order valence-corrected chi connectivity index (χ4v) is 2.59. The number of rotatable bonds is 2. The first-order valence-electron chi connectivity index (χ1n) is 4.39. The molecule has 0 aliphatic carbocycles. The van der Waals surface area contributed by atoms with Crippen LogP contribution in [0.1, 0.15) is 5.82 Å². The number of anilines is 1. The fourth-order valence-electron chi connectivity index (χ4n) is 1.00. The van der Waals surface area contributed by atoms with Crippen LogP contribution in [-0.2, 0) is 6.18 Å². The van der Waals surface area contributed by atoms with Gasteiger partial charge < -0.3 is 5.73 Å². The van der Waals surface area contributed by atoms with Gasteiger partial charge in [0.15, 0.2) is 4.34 Å². The molecule has 17 heavy (non-hydrogen) atoms. The quantitative estimate of drug-likeness (QED) is 0.856. The smallest absolute Gasteiger partial charge is 0.399 e. The summed E-state index contributed by atoms with van der Waals surface area (Å²) in [6.45, 7) is 0. The van der Waals surface area contributed by atoms with Crippen LogP contribution in [0.4, 0.5) is 18.9 Å². The van der Waals surface area contributed by atoms with Crippen LogP contribution in [0.25, 0.3) is 0 Å². The zero-order chi connectivity index (χ0) is 12.5. The Morgan fingerprint density at radius 1 is 1.18 bits per heavy atom. The third-order valence-electron chi connectivity index (χ3n) is 1.75. The maximum Gasteiger partial charge on any atom is 0.452 e. The van der Waals surface area contributed by atoms with E-state index in [1.165, 1.54) is 0 Å². The molecule has 0 saturated carbocycles. The van der Waals surface area contributed by atoms with E-state index in [0.29, 0.717) is 5.69 Å². The van der Waals surface area contributed by atoms with Crippen LogP contribution in [0.5, 0.6) is 0 Å². The molecule has 0 unspecified atom stereocenters. The predicted octanol–water partition coefficient (Wildman–Crippen LogP) is 3.29. The molecule has 1 aromatic heterocycles. The lowest BCUT2D eigenvalue weighted by molar-refractivity contribution is -0.144. The van der Waals surface area contributed by atoms with Crippen LogP contribution in [-0.4, -0.2) is 9.36 Å². The Morgan fingerprint density at radius 2 is 1.82 bits per heavy atom. The lowest BCUT2D eigenvalue weighted by Gasteiger charge is -1.99. The molecular formula is C9H6F3N3S2. The molecule has 0 aliphatic heterocycles. The highest BCUT2D eigenvalue weighted by atomic mass is 32.2. The summed E-state index contributed by atoms with van der Waals surface area (Å²) in [5, 5.41) is 0. The Kier molecular flexibility index (Phi) is 3.25. The maximum absolute atomic E-state index is 12.2. The number of hydrogen-bond acceptors (Lipinski definition) is 5. The van der Waals surface area contributed by atoms with E-state index in [1.807, 2.05) is 0 Å². The third kappa shape index (κ3) is 3.10. The summed E-state index contributed by atoms with van der Waals surface area (Å²) in [7, 11) is 0. The maximum atomic E-state index is 12.2. The summed E-state index contributed by atoms with van der Waals surface area (Å²) in [4.78, 5) is 4.18. The minimum Gasteiger partial charge on any atom is -0.399 e. The van der Waals surface area contributed by atoms with Crippen molar-refractivity contribution in [2.75, 3.05) is 5.73 Å². The number of aromatic nitrogens is 2. The highest BCUT2D eigenvalue weighted by molar-refractivity contribution is 8.01. The molecule has 2 N–H and O–H groups in total. The molecule has 0 fully saturated rings. The van der Waals surface area contributed by atoms with E-state index in [2.05, 4.69) is 9.36 Å². The van der Waals surface area contributed by atoms with Gasteiger partial charge in [0.1, 0.15) is 0 Å². The zero-order valence-electron chi connectivity index (χ0n) is 8.23. The van der Waals surface area contributed by atoms with Gasteiger partial charge in [0.25, 0.3) is 0 Å². The van der Waals surface area contributed by atoms with Crippen molar-refractivity contribution in [3.05, 3.63) is 30.1 Å². The number of nitrogens with two attached hydrogens (primary N) is 1. The highest BCUT2D eigenvalue weighted by Gasteiger charge is 2.36. The van der Waals surface area contributed by atoms with E-state index in [-0.39, 0.29) is 4.34 Å². The first kappa shape index (κ1) is 12.2. The van der Waals surface area contributed by atoms with E-state index >= 15 is 0 Å². The van der Waals surface area contributed by atoms with Gasteiger partial charge in [0.05, 0.1) is 0 Å². The van der Waals surface area contributed by atoms with Crippen molar-refractivity contribution in [3.63, 3.8) is 0 Å². The van der Waals surface area contributed by atoms with Crippen molar-refractivity contribution >= 4 is 29.0 Å². The van der Waals surface area contributed by atoms with E-state index in [9.17, 15) is 13.2 Å². The normalized spacial score (nSPS) is 11.7. The molecule has 90 valence electrons. The van der Waals surface area contributed by atoms with Gasteiger partial charge in [-0.3, -0.25) is 0 Å². The second kappa shape index (κ2) is 4.53. The van der Waals surface area contributed by atoms with Crippen LogP contribution in [0.2, 0.25) is 0 Å². The van der Waals surface area contributed by atoms with Crippen molar-refractivity contribution in [3.8, 4) is 0 Å². The average molecular weight is 277 g/mol. The van der Waals surface area contributed by atoms with E-state index in [4.69, 9.17) is 5.73 Å². The standard InChI is InChI=1S/C9H6F3N3S2/c10-9(11,12)7-14-8(17-15-7)16-6-3-1-5(13)2-4-6/h1-4H,13H2. The summed E-state index contributed by atoms with van der Waals surface area (Å²) < 4.78 is 40.3. The van der Waals surface area contributed by atoms with Crippen LogP contribution in [0.15, 0.2) is 33.5 Å². The number of hydrogen-bond donors (Lipinski definition) is 1. The summed E-state index contributed by atoms with van der Waals surface area (Å²) in [5.41, 5.74) is 6.10. The average Bonchev–Trinajstić information content (AvgIpc) is 2.69. The molecule has 0 bridgehead atoms. The van der Waals surface area contributed by atoms with Gasteiger partial charge in [-0.05, 0) is 35.8 Å². The fraction of sp³-hybridized carbons (Fsp3) is 0.111. The molecule has 1 aromatic carbocycles. The molecule has 2 aromatic rings. The molecule has 0 saturated heterocycles. The van der Waals surface area contributed by atoms with E-state index in [0.717, 1.165) is 28.2 Å². The molecule has 0 spiro atoms. The van der Waals surface area contributed by atoms with Crippen molar-refractivity contribution in [1.29, 1.82) is 0 Å². The monoisotopic (exact) mass is 277 g/mol. The van der Waals surface area contributed by atoms with Crippen molar-refractivity contribution in [2.45, 2.75) is 15.4 Å². The molecule has 3 nitrogen and oxygen atoms in total. The zero-order valence-corrected chi connectivity index (χ0v) is 9.86. The Bertz CT molecular complexity index is 507. The molecule has 8 heteroatoms. The second-order valence-electron chi connectivity index (χ2n) is 3.05. The number of alkyl halides is 3. The van der Waals surface area contributed by atoms with E-state index < -0.39 is 12.0 Å². The second-order valence-corrected chi connectivity index (χ2v) is 5.13. The van der Waals surface area contributed by atoms with E-state index in [1.54, 1.807) is 24.3 Å². The van der Waals surface area contributed by atoms with Crippen LogP contribution in [0.3, 0.4) is 0 Å². The number of halogens is 3. The van der Waals surface area contributed by atoms with Crippen molar-refractivity contribution < 1.29 is 13.2 Å². The first-order chi connectivity index (χ1) is 7.95. The minimum atomic E-state index is -4.49. The minimum absolute atomic E-state index is 0.252. The number of nitrogens with zero attached hydrogens (tertiary/aromatic N) is 2. The van der Waals surface area contributed by atoms with Gasteiger partial charge in [-0.25, -0.2) is 4.98 Å². The van der Waals surface area contributed by atoms with Crippen LogP contribution in [0, 0.1) is 0 Å². The molecule has 1 heterocycles. The Balaban J connectivity index is 2.14. The largest absolute Gasteiger partial charge is 0.452 e. The van der Waals surface area contributed by atoms with Crippen molar-refractivity contribution in [1.82, 2.24) is 9.36 Å². The Morgan fingerprint density at radius 3 is 2.35 bits per heavy atom. The summed E-state index contributed by atoms with van der Waals surface area (Å²) in [6, 6.07) is 6.78. The first-order valence-corrected chi connectivity index (χ1v) is 5.98. The van der Waals surface area contributed by atoms with Crippen LogP contribution < -0.4 is 5.73 Å². The predicted molar refractivity (Wildman–Crippen MR) is 59.9 cm³/mol. The molecule has 2 rings (SSSR count). The van der Waals surface area contributed by atoms with Gasteiger partial charge in [-0.15, -0.1) is 0 Å². The molecule has 0 atom stereocenters. The third-order valence-corrected chi connectivity index (χ3v) is 3.51. The Labute approximate surface area is 103 Å². The topological polar surface area (TPSA) is 51.8 Å². The molecule has 0 aliphatic rings. The lowest BCUT2D eigenvalue weighted by Crippen LogP contribution is -2.06. The lowest BCUT2D eigenvalue weighted by atomic mass is 10.3. The highest BCUT2D eigenvalue weighted by Crippen LogP contribution is 2.33. The summed E-state index contributed by atoms with van der Waals surface area (Å²) >= 11 is 1.85. The summed E-state index contributed by atoms with van der Waals surface area (Å²) in [5.74, 6) is -1.10. The van der Waals surface area contributed by atoms with Gasteiger partial charge in [-0.2, -0.15) is 17.5 Å². The molecule has 0 amide bonds.